The molecule has 0 atom stereocenters. The van der Waals surface area contributed by atoms with Crippen molar-refractivity contribution in [2.75, 3.05) is 0 Å². The third kappa shape index (κ3) is 3.20. The summed E-state index contributed by atoms with van der Waals surface area (Å²) in [5, 5.41) is 0. The molecule has 0 aliphatic heterocycles. The largest absolute Gasteiger partial charge is 0.289 e. The second-order valence-electron chi connectivity index (χ2n) is 4.47. The number of carbonyl (C=O) groups excluding carboxylic acids is 1. The Morgan fingerprint density at radius 2 is 1.61 bits per heavy atom. The summed E-state index contributed by atoms with van der Waals surface area (Å²) in [6.07, 6.45) is 3.47. The Bertz CT molecular complexity index is 565. The van der Waals surface area contributed by atoms with Crippen LogP contribution < -0.4 is 5.46 Å². The van der Waals surface area contributed by atoms with Crippen molar-refractivity contribution >= 4 is 25.2 Å². The van der Waals surface area contributed by atoms with E-state index < -0.39 is 0 Å². The Hall–Kier alpha value is -2.09. The molecule has 2 aromatic rings. The third-order valence-electron chi connectivity index (χ3n) is 2.84. The minimum Gasteiger partial charge on any atom is -0.289 e. The van der Waals surface area contributed by atoms with Crippen LogP contribution in [-0.2, 0) is 0 Å². The Morgan fingerprint density at radius 3 is 2.22 bits per heavy atom. The zero-order valence-corrected chi connectivity index (χ0v) is 10.7. The predicted molar refractivity (Wildman–Crippen MR) is 79.2 cm³/mol. The lowest BCUT2D eigenvalue weighted by Crippen LogP contribution is -1.99. The second kappa shape index (κ2) is 5.50. The van der Waals surface area contributed by atoms with Gasteiger partial charge in [-0.25, -0.2) is 0 Å². The van der Waals surface area contributed by atoms with E-state index in [9.17, 15) is 4.79 Å². The first-order valence-electron chi connectivity index (χ1n) is 6.01. The summed E-state index contributed by atoms with van der Waals surface area (Å²) in [7, 11) is 2.05. The van der Waals surface area contributed by atoms with Crippen molar-refractivity contribution in [2.24, 2.45) is 0 Å². The number of carbonyl (C=O) groups is 1. The maximum atomic E-state index is 11.9. The molecule has 0 aliphatic rings. The Balaban J connectivity index is 2.11. The predicted octanol–water partition coefficient (Wildman–Crippen LogP) is 2.15. The Morgan fingerprint density at radius 1 is 1.00 bits per heavy atom. The van der Waals surface area contributed by atoms with Crippen molar-refractivity contribution in [3.8, 4) is 0 Å². The molecule has 0 radical (unpaired) electrons. The van der Waals surface area contributed by atoms with E-state index in [1.807, 2.05) is 69.4 Å². The quantitative estimate of drug-likeness (QED) is 0.451. The zero-order valence-electron chi connectivity index (χ0n) is 10.7. The molecule has 0 saturated heterocycles. The molecule has 88 valence electrons. The summed E-state index contributed by atoms with van der Waals surface area (Å²) in [4.78, 5) is 11.9. The first-order valence-corrected chi connectivity index (χ1v) is 6.01. The van der Waals surface area contributed by atoms with Crippen LogP contribution >= 0.6 is 0 Å². The van der Waals surface area contributed by atoms with Gasteiger partial charge in [0.15, 0.2) is 5.78 Å². The van der Waals surface area contributed by atoms with Crippen LogP contribution in [0.25, 0.3) is 6.08 Å². The van der Waals surface area contributed by atoms with E-state index >= 15 is 0 Å². The average Bonchev–Trinajstić information content (AvgIpc) is 2.38. The molecule has 2 rings (SSSR count). The van der Waals surface area contributed by atoms with Crippen molar-refractivity contribution in [3.05, 3.63) is 71.3 Å². The van der Waals surface area contributed by atoms with Gasteiger partial charge in [0, 0.05) is 5.56 Å². The molecule has 1 nitrogen and oxygen atoms in total. The first kappa shape index (κ1) is 12.4. The highest BCUT2D eigenvalue weighted by molar-refractivity contribution is 6.32. The molecule has 2 aromatic carbocycles. The zero-order chi connectivity index (χ0) is 13.0. The molecule has 0 N–H and O–H groups in total. The van der Waals surface area contributed by atoms with Crippen LogP contribution in [0.1, 0.15) is 21.5 Å². The lowest BCUT2D eigenvalue weighted by atomic mass is 9.95. The summed E-state index contributed by atoms with van der Waals surface area (Å²) in [6, 6.07) is 15.7. The molecule has 0 fully saturated rings. The van der Waals surface area contributed by atoms with Gasteiger partial charge in [-0.1, -0.05) is 65.6 Å². The fourth-order valence-corrected chi connectivity index (χ4v) is 1.66. The van der Waals surface area contributed by atoms with Gasteiger partial charge in [0.1, 0.15) is 7.85 Å². The SMILES string of the molecule is Bc1ccc(/C=C/C(=O)c2ccc(C)cc2)cc1. The van der Waals surface area contributed by atoms with Crippen LogP contribution in [-0.4, -0.2) is 13.6 Å². The van der Waals surface area contributed by atoms with Gasteiger partial charge < -0.3 is 0 Å². The molecule has 18 heavy (non-hydrogen) atoms. The van der Waals surface area contributed by atoms with Crippen molar-refractivity contribution in [1.29, 1.82) is 0 Å². The van der Waals surface area contributed by atoms with Gasteiger partial charge in [0.05, 0.1) is 0 Å². The van der Waals surface area contributed by atoms with Crippen molar-refractivity contribution in [3.63, 3.8) is 0 Å². The van der Waals surface area contributed by atoms with E-state index in [-0.39, 0.29) is 5.78 Å². The smallest absolute Gasteiger partial charge is 0.185 e. The van der Waals surface area contributed by atoms with Crippen LogP contribution in [0.5, 0.6) is 0 Å². The Labute approximate surface area is 109 Å². The minimum atomic E-state index is 0.0376. The van der Waals surface area contributed by atoms with E-state index in [2.05, 4.69) is 0 Å². The van der Waals surface area contributed by atoms with Crippen molar-refractivity contribution in [2.45, 2.75) is 6.92 Å². The summed E-state index contributed by atoms with van der Waals surface area (Å²) in [5.74, 6) is 0.0376. The lowest BCUT2D eigenvalue weighted by molar-refractivity contribution is 0.104. The highest BCUT2D eigenvalue weighted by Gasteiger charge is 2.00. The second-order valence-corrected chi connectivity index (χ2v) is 4.47. The van der Waals surface area contributed by atoms with E-state index in [0.29, 0.717) is 0 Å². The summed E-state index contributed by atoms with van der Waals surface area (Å²) < 4.78 is 0. The van der Waals surface area contributed by atoms with Crippen LogP contribution in [0.3, 0.4) is 0 Å². The van der Waals surface area contributed by atoms with E-state index in [1.54, 1.807) is 6.08 Å². The van der Waals surface area contributed by atoms with Crippen LogP contribution in [0, 0.1) is 6.92 Å². The highest BCUT2D eigenvalue weighted by Crippen LogP contribution is 2.06. The van der Waals surface area contributed by atoms with E-state index in [4.69, 9.17) is 0 Å². The maximum absolute atomic E-state index is 11.9. The summed E-state index contributed by atoms with van der Waals surface area (Å²) in [5.41, 5.74) is 4.15. The molecule has 0 spiro atoms. The fourth-order valence-electron chi connectivity index (χ4n) is 1.66. The molecule has 0 heterocycles. The van der Waals surface area contributed by atoms with Crippen LogP contribution in [0.4, 0.5) is 0 Å². The monoisotopic (exact) mass is 234 g/mol. The van der Waals surface area contributed by atoms with Crippen LogP contribution in [0.2, 0.25) is 0 Å². The molecule has 0 aliphatic carbocycles. The van der Waals surface area contributed by atoms with Gasteiger partial charge in [0.25, 0.3) is 0 Å². The number of benzene rings is 2. The molecular weight excluding hydrogens is 219 g/mol. The van der Waals surface area contributed by atoms with Gasteiger partial charge in [-0.15, -0.1) is 0 Å². The third-order valence-corrected chi connectivity index (χ3v) is 2.84. The van der Waals surface area contributed by atoms with Gasteiger partial charge in [0.2, 0.25) is 0 Å². The number of rotatable bonds is 3. The lowest BCUT2D eigenvalue weighted by Gasteiger charge is -1.97. The topological polar surface area (TPSA) is 17.1 Å². The summed E-state index contributed by atoms with van der Waals surface area (Å²) in [6.45, 7) is 2.01. The standard InChI is InChI=1S/C16H15BO/c1-12-2-7-14(8-3-12)16(18)11-6-13-4-9-15(17)10-5-13/h2-11H,17H2,1H3/b11-6+. The normalized spacial score (nSPS) is 10.7. The molecule has 0 aromatic heterocycles. The molecule has 0 unspecified atom stereocenters. The van der Waals surface area contributed by atoms with Gasteiger partial charge >= 0.3 is 0 Å². The summed E-state index contributed by atoms with van der Waals surface area (Å²) >= 11 is 0. The molecular formula is C16H15BO. The minimum absolute atomic E-state index is 0.0376. The van der Waals surface area contributed by atoms with Gasteiger partial charge in [-0.3, -0.25) is 4.79 Å². The highest BCUT2D eigenvalue weighted by atomic mass is 16.1. The molecule has 2 heteroatoms. The number of hydrogen-bond donors (Lipinski definition) is 0. The molecule has 0 saturated carbocycles. The number of hydrogen-bond acceptors (Lipinski definition) is 1. The van der Waals surface area contributed by atoms with E-state index in [1.165, 1.54) is 5.46 Å². The Kier molecular flexibility index (Phi) is 3.78. The molecule has 0 bridgehead atoms. The van der Waals surface area contributed by atoms with Gasteiger partial charge in [-0.2, -0.15) is 0 Å². The molecule has 0 amide bonds. The van der Waals surface area contributed by atoms with Crippen LogP contribution in [0.15, 0.2) is 54.6 Å². The fraction of sp³-hybridized carbons (Fsp3) is 0.0625. The first-order chi connectivity index (χ1) is 8.65. The maximum Gasteiger partial charge on any atom is 0.185 e. The number of ketones is 1. The average molecular weight is 234 g/mol. The van der Waals surface area contributed by atoms with Crippen molar-refractivity contribution < 1.29 is 4.79 Å². The number of aryl methyl sites for hydroxylation is 1. The van der Waals surface area contributed by atoms with Gasteiger partial charge in [-0.05, 0) is 18.6 Å². The van der Waals surface area contributed by atoms with Crippen molar-refractivity contribution in [1.82, 2.24) is 0 Å². The number of allylic oxidation sites excluding steroid dienone is 1. The van der Waals surface area contributed by atoms with E-state index in [0.717, 1.165) is 16.7 Å².